The van der Waals surface area contributed by atoms with E-state index in [9.17, 15) is 0 Å². The Morgan fingerprint density at radius 3 is 2.05 bits per heavy atom. The van der Waals surface area contributed by atoms with Crippen LogP contribution in [0, 0.1) is 0 Å². The summed E-state index contributed by atoms with van der Waals surface area (Å²) in [5.41, 5.74) is 10.4. The van der Waals surface area contributed by atoms with Gasteiger partial charge in [0.2, 0.25) is 5.71 Å². The molecule has 37 heavy (non-hydrogen) atoms. The van der Waals surface area contributed by atoms with Crippen LogP contribution in [0.15, 0.2) is 132 Å². The summed E-state index contributed by atoms with van der Waals surface area (Å²) in [6, 6.07) is 44.1. The number of rotatable bonds is 3. The van der Waals surface area contributed by atoms with Crippen LogP contribution in [0.25, 0.3) is 67.0 Å². The molecule has 8 aromatic rings. The van der Waals surface area contributed by atoms with E-state index >= 15 is 0 Å². The van der Waals surface area contributed by atoms with E-state index in [0.29, 0.717) is 0 Å². The highest BCUT2D eigenvalue weighted by Gasteiger charge is 2.20. The Bertz CT molecular complexity index is 2080. The predicted molar refractivity (Wildman–Crippen MR) is 150 cm³/mol. The van der Waals surface area contributed by atoms with Gasteiger partial charge in [0.15, 0.2) is 5.58 Å². The van der Waals surface area contributed by atoms with Gasteiger partial charge in [-0.15, -0.1) is 0 Å². The van der Waals surface area contributed by atoms with E-state index in [-0.39, 0.29) is 0 Å². The lowest BCUT2D eigenvalue weighted by Crippen LogP contribution is -1.97. The second kappa shape index (κ2) is 7.70. The van der Waals surface area contributed by atoms with Crippen LogP contribution in [0.4, 0.5) is 0 Å². The molecule has 3 aromatic heterocycles. The first-order valence-electron chi connectivity index (χ1n) is 12.4. The van der Waals surface area contributed by atoms with E-state index in [2.05, 4.69) is 112 Å². The first-order chi connectivity index (χ1) is 18.4. The molecular weight excluding hydrogens is 454 g/mol. The fraction of sp³-hybridized carbons (Fsp3) is 0. The van der Waals surface area contributed by atoms with Gasteiger partial charge in [0.05, 0.1) is 27.6 Å². The minimum Gasteiger partial charge on any atom is -0.438 e. The summed E-state index contributed by atoms with van der Waals surface area (Å²) < 4.78 is 10.9. The molecule has 4 nitrogen and oxygen atoms in total. The Morgan fingerprint density at radius 1 is 0.541 bits per heavy atom. The maximum atomic E-state index is 6.41. The highest BCUT2D eigenvalue weighted by atomic mass is 16.3. The van der Waals surface area contributed by atoms with Gasteiger partial charge in [0.1, 0.15) is 5.82 Å². The van der Waals surface area contributed by atoms with Crippen molar-refractivity contribution in [1.82, 2.24) is 14.0 Å². The maximum absolute atomic E-state index is 6.41. The molecule has 0 amide bonds. The number of para-hydroxylation sites is 5. The van der Waals surface area contributed by atoms with Gasteiger partial charge >= 0.3 is 0 Å². The molecule has 0 radical (unpaired) electrons. The van der Waals surface area contributed by atoms with Gasteiger partial charge < -0.3 is 4.42 Å². The maximum Gasteiger partial charge on any atom is 0.213 e. The van der Waals surface area contributed by atoms with Crippen LogP contribution < -0.4 is 0 Å². The molecule has 5 aromatic carbocycles. The third kappa shape index (κ3) is 2.93. The molecule has 0 atom stereocenters. The van der Waals surface area contributed by atoms with Crippen LogP contribution in [0.2, 0.25) is 0 Å². The number of aromatic nitrogens is 3. The lowest BCUT2D eigenvalue weighted by molar-refractivity contribution is 0.658. The van der Waals surface area contributed by atoms with Gasteiger partial charge in [0.25, 0.3) is 0 Å². The standard InChI is InChI=1S/C33H21N3O/c1-2-10-23(11-3-1)32-34-26-13-5-7-15-28(26)35(32)24-20-18-22(19-21-24)31-25-12-4-6-14-27(25)36-29-16-8-9-17-30(29)37-33(31)36/h1-21H. The van der Waals surface area contributed by atoms with Crippen molar-refractivity contribution in [3.05, 3.63) is 127 Å². The molecule has 174 valence electrons. The molecule has 3 heterocycles. The van der Waals surface area contributed by atoms with Crippen molar-refractivity contribution in [2.24, 2.45) is 0 Å². The minimum absolute atomic E-state index is 0.869. The average Bonchev–Trinajstić information content (AvgIpc) is 3.62. The number of benzene rings is 5. The topological polar surface area (TPSA) is 35.4 Å². The van der Waals surface area contributed by atoms with E-state index in [1.807, 2.05) is 24.3 Å². The normalized spacial score (nSPS) is 11.8. The van der Waals surface area contributed by atoms with Crippen molar-refractivity contribution in [2.75, 3.05) is 0 Å². The molecular formula is C33H21N3O. The Hall–Kier alpha value is -5.09. The number of hydrogen-bond acceptors (Lipinski definition) is 2. The third-order valence-corrected chi connectivity index (χ3v) is 7.15. The number of hydrogen-bond donors (Lipinski definition) is 0. The monoisotopic (exact) mass is 475 g/mol. The van der Waals surface area contributed by atoms with Crippen LogP contribution in [-0.2, 0) is 0 Å². The van der Waals surface area contributed by atoms with Gasteiger partial charge in [-0.1, -0.05) is 84.9 Å². The quantitative estimate of drug-likeness (QED) is 0.257. The lowest BCUT2D eigenvalue weighted by Gasteiger charge is -2.10. The minimum atomic E-state index is 0.869. The predicted octanol–water partition coefficient (Wildman–Crippen LogP) is 8.51. The van der Waals surface area contributed by atoms with Crippen LogP contribution in [-0.4, -0.2) is 14.0 Å². The fourth-order valence-corrected chi connectivity index (χ4v) is 5.51. The summed E-state index contributed by atoms with van der Waals surface area (Å²) >= 11 is 0. The third-order valence-electron chi connectivity index (χ3n) is 7.15. The molecule has 0 spiro atoms. The summed E-state index contributed by atoms with van der Waals surface area (Å²) in [5.74, 6) is 0.934. The fourth-order valence-electron chi connectivity index (χ4n) is 5.51. The zero-order chi connectivity index (χ0) is 24.3. The van der Waals surface area contributed by atoms with E-state index in [4.69, 9.17) is 9.40 Å². The highest BCUT2D eigenvalue weighted by molar-refractivity contribution is 6.07. The molecule has 0 fully saturated rings. The van der Waals surface area contributed by atoms with Crippen LogP contribution in [0.5, 0.6) is 0 Å². The Kier molecular flexibility index (Phi) is 4.19. The van der Waals surface area contributed by atoms with Crippen molar-refractivity contribution in [2.45, 2.75) is 0 Å². The molecule has 0 saturated heterocycles. The van der Waals surface area contributed by atoms with Crippen molar-refractivity contribution < 1.29 is 4.42 Å². The molecule has 0 aliphatic heterocycles. The van der Waals surface area contributed by atoms with Crippen LogP contribution in [0.3, 0.4) is 0 Å². The van der Waals surface area contributed by atoms with Crippen LogP contribution in [0.1, 0.15) is 0 Å². The molecule has 0 aliphatic carbocycles. The van der Waals surface area contributed by atoms with Crippen molar-refractivity contribution >= 4 is 38.7 Å². The van der Waals surface area contributed by atoms with Gasteiger partial charge in [0, 0.05) is 16.6 Å². The van der Waals surface area contributed by atoms with E-state index in [1.165, 1.54) is 5.39 Å². The van der Waals surface area contributed by atoms with Gasteiger partial charge in [-0.3, -0.25) is 8.97 Å². The van der Waals surface area contributed by atoms with Gasteiger partial charge in [-0.25, -0.2) is 4.98 Å². The molecule has 0 bridgehead atoms. The summed E-state index contributed by atoms with van der Waals surface area (Å²) in [6.45, 7) is 0. The zero-order valence-corrected chi connectivity index (χ0v) is 19.9. The largest absolute Gasteiger partial charge is 0.438 e. The summed E-state index contributed by atoms with van der Waals surface area (Å²) in [6.07, 6.45) is 0. The van der Waals surface area contributed by atoms with E-state index in [0.717, 1.165) is 61.6 Å². The first kappa shape index (κ1) is 20.1. The SMILES string of the molecule is c1ccc(-c2nc3ccccc3n2-c2ccc(-c3c4ccccc4n4c3oc3ccccc34)cc2)cc1. The molecule has 0 aliphatic rings. The van der Waals surface area contributed by atoms with E-state index < -0.39 is 0 Å². The van der Waals surface area contributed by atoms with Crippen molar-refractivity contribution in [3.63, 3.8) is 0 Å². The summed E-state index contributed by atoms with van der Waals surface area (Å²) in [7, 11) is 0. The molecule has 4 heteroatoms. The summed E-state index contributed by atoms with van der Waals surface area (Å²) in [5, 5.41) is 1.18. The second-order valence-corrected chi connectivity index (χ2v) is 9.27. The lowest BCUT2D eigenvalue weighted by atomic mass is 10.0. The molecule has 0 unspecified atom stereocenters. The Morgan fingerprint density at radius 2 is 1.22 bits per heavy atom. The average molecular weight is 476 g/mol. The van der Waals surface area contributed by atoms with Gasteiger partial charge in [-0.05, 0) is 48.0 Å². The van der Waals surface area contributed by atoms with Crippen molar-refractivity contribution in [3.8, 4) is 28.2 Å². The second-order valence-electron chi connectivity index (χ2n) is 9.27. The van der Waals surface area contributed by atoms with Crippen molar-refractivity contribution in [1.29, 1.82) is 0 Å². The first-order valence-corrected chi connectivity index (χ1v) is 12.4. The zero-order valence-electron chi connectivity index (χ0n) is 19.9. The van der Waals surface area contributed by atoms with E-state index in [1.54, 1.807) is 0 Å². The van der Waals surface area contributed by atoms with Gasteiger partial charge in [-0.2, -0.15) is 0 Å². The Balaban J connectivity index is 1.35. The Labute approximate surface area is 212 Å². The number of nitrogens with zero attached hydrogens (tertiary/aromatic N) is 3. The smallest absolute Gasteiger partial charge is 0.213 e. The highest BCUT2D eigenvalue weighted by Crippen LogP contribution is 2.39. The molecule has 0 N–H and O–H groups in total. The molecule has 0 saturated carbocycles. The number of imidazole rings is 1. The number of fused-ring (bicyclic) bond motifs is 6. The van der Waals surface area contributed by atoms with Crippen LogP contribution >= 0.6 is 0 Å². The number of oxazole rings is 1. The summed E-state index contributed by atoms with van der Waals surface area (Å²) in [4.78, 5) is 4.98. The molecule has 8 rings (SSSR count).